The third-order valence-corrected chi connectivity index (χ3v) is 4.56. The first-order valence-electron chi connectivity index (χ1n) is 4.17. The normalized spacial score (nSPS) is 10.5. The standard InChI is InChI=1S/C10H7ClO2S2/c1-5-4-7(10(12)13)15-9(5)6-2-3-8(11)14-6/h2-4H,1H3,(H,12,13). The van der Waals surface area contributed by atoms with Gasteiger partial charge in [0.2, 0.25) is 0 Å². The van der Waals surface area contributed by atoms with Crippen LogP contribution in [0.5, 0.6) is 0 Å². The van der Waals surface area contributed by atoms with Crippen LogP contribution in [-0.4, -0.2) is 11.1 Å². The zero-order valence-electron chi connectivity index (χ0n) is 7.78. The first kappa shape index (κ1) is 10.7. The molecule has 2 aromatic heterocycles. The number of carboxylic acids is 1. The molecule has 2 heterocycles. The third-order valence-electron chi connectivity index (χ3n) is 1.93. The van der Waals surface area contributed by atoms with Gasteiger partial charge in [-0.25, -0.2) is 4.79 Å². The van der Waals surface area contributed by atoms with Crippen molar-refractivity contribution in [3.63, 3.8) is 0 Å². The lowest BCUT2D eigenvalue weighted by Crippen LogP contribution is -1.89. The highest BCUT2D eigenvalue weighted by Gasteiger charge is 2.13. The van der Waals surface area contributed by atoms with Crippen LogP contribution in [0.3, 0.4) is 0 Å². The number of hydrogen-bond donors (Lipinski definition) is 1. The Morgan fingerprint density at radius 1 is 1.40 bits per heavy atom. The minimum atomic E-state index is -0.878. The summed E-state index contributed by atoms with van der Waals surface area (Å²) in [6, 6.07) is 5.43. The second kappa shape index (κ2) is 3.96. The fraction of sp³-hybridized carbons (Fsp3) is 0.100. The molecular formula is C10H7ClO2S2. The van der Waals surface area contributed by atoms with Gasteiger partial charge >= 0.3 is 5.97 Å². The van der Waals surface area contributed by atoms with Crippen LogP contribution in [0, 0.1) is 6.92 Å². The molecule has 2 nitrogen and oxygen atoms in total. The topological polar surface area (TPSA) is 37.3 Å². The molecule has 0 saturated heterocycles. The largest absolute Gasteiger partial charge is 0.477 e. The van der Waals surface area contributed by atoms with Crippen molar-refractivity contribution in [2.24, 2.45) is 0 Å². The first-order chi connectivity index (χ1) is 7.08. The van der Waals surface area contributed by atoms with Crippen LogP contribution in [-0.2, 0) is 0 Å². The van der Waals surface area contributed by atoms with Crippen molar-refractivity contribution in [2.45, 2.75) is 6.92 Å². The average Bonchev–Trinajstić information content (AvgIpc) is 2.71. The molecular weight excluding hydrogens is 252 g/mol. The maximum absolute atomic E-state index is 10.8. The van der Waals surface area contributed by atoms with Gasteiger partial charge in [0.1, 0.15) is 4.88 Å². The molecule has 0 atom stereocenters. The smallest absolute Gasteiger partial charge is 0.345 e. The predicted molar refractivity (Wildman–Crippen MR) is 64.3 cm³/mol. The van der Waals surface area contributed by atoms with E-state index in [0.29, 0.717) is 4.88 Å². The van der Waals surface area contributed by atoms with Crippen molar-refractivity contribution >= 4 is 40.2 Å². The molecule has 0 saturated carbocycles. The van der Waals surface area contributed by atoms with Gasteiger partial charge in [-0.2, -0.15) is 0 Å². The Hall–Kier alpha value is -0.840. The Labute approximate surface area is 99.8 Å². The van der Waals surface area contributed by atoms with E-state index in [1.165, 1.54) is 22.7 Å². The van der Waals surface area contributed by atoms with Gasteiger partial charge in [-0.05, 0) is 30.7 Å². The summed E-state index contributed by atoms with van der Waals surface area (Å²) >= 11 is 8.59. The number of carbonyl (C=O) groups is 1. The van der Waals surface area contributed by atoms with Crippen molar-refractivity contribution in [2.75, 3.05) is 0 Å². The fourth-order valence-corrected chi connectivity index (χ4v) is 3.50. The molecule has 2 aromatic rings. The summed E-state index contributed by atoms with van der Waals surface area (Å²) in [7, 11) is 0. The molecule has 0 aliphatic rings. The van der Waals surface area contributed by atoms with Crippen LogP contribution in [0.15, 0.2) is 18.2 Å². The molecule has 0 aliphatic heterocycles. The Morgan fingerprint density at radius 3 is 2.60 bits per heavy atom. The molecule has 5 heteroatoms. The second-order valence-corrected chi connectivity index (χ2v) is 5.80. The van der Waals surface area contributed by atoms with E-state index in [0.717, 1.165) is 19.7 Å². The summed E-state index contributed by atoms with van der Waals surface area (Å²) in [6.45, 7) is 1.91. The van der Waals surface area contributed by atoms with E-state index in [1.54, 1.807) is 6.07 Å². The Bertz CT molecular complexity index is 513. The Kier molecular flexibility index (Phi) is 2.82. The number of carboxylic acid groups (broad SMARTS) is 1. The highest BCUT2D eigenvalue weighted by molar-refractivity contribution is 7.24. The van der Waals surface area contributed by atoms with Gasteiger partial charge in [0, 0.05) is 9.75 Å². The highest BCUT2D eigenvalue weighted by Crippen LogP contribution is 2.38. The number of aryl methyl sites for hydroxylation is 1. The van der Waals surface area contributed by atoms with E-state index in [1.807, 2.05) is 19.1 Å². The van der Waals surface area contributed by atoms with Crippen LogP contribution in [0.4, 0.5) is 0 Å². The van der Waals surface area contributed by atoms with Gasteiger partial charge in [-0.1, -0.05) is 11.6 Å². The van der Waals surface area contributed by atoms with E-state index < -0.39 is 5.97 Å². The Morgan fingerprint density at radius 2 is 2.13 bits per heavy atom. The van der Waals surface area contributed by atoms with Crippen LogP contribution in [0.25, 0.3) is 9.75 Å². The summed E-state index contributed by atoms with van der Waals surface area (Å²) < 4.78 is 0.717. The average molecular weight is 259 g/mol. The number of hydrogen-bond acceptors (Lipinski definition) is 3. The van der Waals surface area contributed by atoms with Gasteiger partial charge in [-0.15, -0.1) is 22.7 Å². The van der Waals surface area contributed by atoms with E-state index in [9.17, 15) is 4.79 Å². The molecule has 2 rings (SSSR count). The van der Waals surface area contributed by atoms with Crippen LogP contribution < -0.4 is 0 Å². The summed E-state index contributed by atoms with van der Waals surface area (Å²) in [6.07, 6.45) is 0. The minimum absolute atomic E-state index is 0.368. The summed E-state index contributed by atoms with van der Waals surface area (Å²) in [4.78, 5) is 13.2. The SMILES string of the molecule is Cc1cc(C(=O)O)sc1-c1ccc(Cl)s1. The van der Waals surface area contributed by atoms with Crippen LogP contribution in [0.2, 0.25) is 4.34 Å². The minimum Gasteiger partial charge on any atom is -0.477 e. The lowest BCUT2D eigenvalue weighted by Gasteiger charge is -1.92. The number of rotatable bonds is 2. The highest BCUT2D eigenvalue weighted by atomic mass is 35.5. The van der Waals surface area contributed by atoms with E-state index >= 15 is 0 Å². The summed E-state index contributed by atoms with van der Waals surface area (Å²) in [5.74, 6) is -0.878. The van der Waals surface area contributed by atoms with Gasteiger partial charge in [0.15, 0.2) is 0 Å². The maximum atomic E-state index is 10.8. The molecule has 15 heavy (non-hydrogen) atoms. The van der Waals surface area contributed by atoms with Gasteiger partial charge in [0.05, 0.1) is 4.34 Å². The molecule has 0 radical (unpaired) electrons. The molecule has 0 fully saturated rings. The number of thiophene rings is 2. The van der Waals surface area contributed by atoms with E-state index in [4.69, 9.17) is 16.7 Å². The Balaban J connectivity index is 2.49. The molecule has 0 spiro atoms. The predicted octanol–water partition coefficient (Wildman–Crippen LogP) is 4.14. The number of halogens is 1. The van der Waals surface area contributed by atoms with Crippen molar-refractivity contribution in [1.82, 2.24) is 0 Å². The molecule has 0 aliphatic carbocycles. The van der Waals surface area contributed by atoms with Crippen LogP contribution >= 0.6 is 34.3 Å². The summed E-state index contributed by atoms with van der Waals surface area (Å²) in [5.41, 5.74) is 0.982. The van der Waals surface area contributed by atoms with Crippen molar-refractivity contribution in [3.8, 4) is 9.75 Å². The quantitative estimate of drug-likeness (QED) is 0.879. The zero-order chi connectivity index (χ0) is 11.0. The molecule has 0 amide bonds. The van der Waals surface area contributed by atoms with E-state index in [-0.39, 0.29) is 0 Å². The molecule has 1 N–H and O–H groups in total. The van der Waals surface area contributed by atoms with Crippen molar-refractivity contribution in [3.05, 3.63) is 33.0 Å². The monoisotopic (exact) mass is 258 g/mol. The molecule has 78 valence electrons. The summed E-state index contributed by atoms with van der Waals surface area (Å²) in [5, 5.41) is 8.86. The second-order valence-electron chi connectivity index (χ2n) is 3.03. The lowest BCUT2D eigenvalue weighted by molar-refractivity contribution is 0.0702. The van der Waals surface area contributed by atoms with Gasteiger partial charge in [0.25, 0.3) is 0 Å². The van der Waals surface area contributed by atoms with Gasteiger partial charge in [-0.3, -0.25) is 0 Å². The molecule has 0 unspecified atom stereocenters. The fourth-order valence-electron chi connectivity index (χ4n) is 1.27. The van der Waals surface area contributed by atoms with E-state index in [2.05, 4.69) is 0 Å². The maximum Gasteiger partial charge on any atom is 0.345 e. The third kappa shape index (κ3) is 2.07. The number of aromatic carboxylic acids is 1. The molecule has 0 aromatic carbocycles. The van der Waals surface area contributed by atoms with Crippen molar-refractivity contribution in [1.29, 1.82) is 0 Å². The zero-order valence-corrected chi connectivity index (χ0v) is 10.2. The molecule has 0 bridgehead atoms. The first-order valence-corrected chi connectivity index (χ1v) is 6.18. The van der Waals surface area contributed by atoms with Crippen molar-refractivity contribution < 1.29 is 9.90 Å². The van der Waals surface area contributed by atoms with Crippen LogP contribution in [0.1, 0.15) is 15.2 Å². The van der Waals surface area contributed by atoms with Gasteiger partial charge < -0.3 is 5.11 Å². The lowest BCUT2D eigenvalue weighted by atomic mass is 10.2.